The van der Waals surface area contributed by atoms with Crippen molar-refractivity contribution in [3.8, 4) is 5.75 Å². The number of ether oxygens (including phenoxy) is 1. The minimum atomic E-state index is 0.355. The maximum absolute atomic E-state index is 5.54. The van der Waals surface area contributed by atoms with Crippen molar-refractivity contribution < 1.29 is 4.74 Å². The summed E-state index contributed by atoms with van der Waals surface area (Å²) in [5.74, 6) is 0.997. The topological polar surface area (TPSA) is 33.3 Å². The van der Waals surface area contributed by atoms with Crippen molar-refractivity contribution in [2.24, 2.45) is 0 Å². The molecule has 1 rings (SSSR count). The fraction of sp³-hybridized carbons (Fsp3) is 0.600. The molecule has 1 aromatic carbocycles. The molecule has 1 unspecified atom stereocenters. The van der Waals surface area contributed by atoms with E-state index in [1.807, 2.05) is 14.1 Å². The van der Waals surface area contributed by atoms with Crippen molar-refractivity contribution in [2.45, 2.75) is 32.7 Å². The zero-order chi connectivity index (χ0) is 13.5. The van der Waals surface area contributed by atoms with Gasteiger partial charge in [0.25, 0.3) is 0 Å². The van der Waals surface area contributed by atoms with Gasteiger partial charge < -0.3 is 15.4 Å². The monoisotopic (exact) mass is 250 g/mol. The van der Waals surface area contributed by atoms with Crippen LogP contribution >= 0.6 is 0 Å². The number of benzene rings is 1. The van der Waals surface area contributed by atoms with Gasteiger partial charge in [-0.25, -0.2) is 0 Å². The molecular formula is C15H26N2O. The van der Waals surface area contributed by atoms with E-state index in [2.05, 4.69) is 36.6 Å². The summed E-state index contributed by atoms with van der Waals surface area (Å²) < 4.78 is 5.54. The molecule has 0 fully saturated rings. The zero-order valence-corrected chi connectivity index (χ0v) is 12.3. The quantitative estimate of drug-likeness (QED) is 0.730. The molecule has 0 aliphatic carbocycles. The summed E-state index contributed by atoms with van der Waals surface area (Å²) in [4.78, 5) is 0. The summed E-state index contributed by atoms with van der Waals surface area (Å²) in [5, 5.41) is 6.60. The van der Waals surface area contributed by atoms with E-state index >= 15 is 0 Å². The van der Waals surface area contributed by atoms with E-state index in [-0.39, 0.29) is 0 Å². The van der Waals surface area contributed by atoms with Gasteiger partial charge in [-0.15, -0.1) is 0 Å². The maximum Gasteiger partial charge on any atom is 0.124 e. The summed E-state index contributed by atoms with van der Waals surface area (Å²) in [6.45, 7) is 5.31. The van der Waals surface area contributed by atoms with Crippen LogP contribution in [0.5, 0.6) is 5.75 Å². The van der Waals surface area contributed by atoms with Crippen LogP contribution in [0.4, 0.5) is 0 Å². The molecule has 3 heteroatoms. The van der Waals surface area contributed by atoms with Gasteiger partial charge in [-0.1, -0.05) is 6.07 Å². The molecule has 1 atom stereocenters. The molecule has 0 saturated heterocycles. The van der Waals surface area contributed by atoms with Gasteiger partial charge in [-0.2, -0.15) is 0 Å². The normalized spacial score (nSPS) is 12.5. The molecule has 3 nitrogen and oxygen atoms in total. The molecule has 0 aliphatic heterocycles. The van der Waals surface area contributed by atoms with Crippen molar-refractivity contribution in [2.75, 3.05) is 27.7 Å². The summed E-state index contributed by atoms with van der Waals surface area (Å²) >= 11 is 0. The smallest absolute Gasteiger partial charge is 0.124 e. The molecule has 0 aliphatic rings. The highest BCUT2D eigenvalue weighted by Crippen LogP contribution is 2.32. The molecule has 2 N–H and O–H groups in total. The molecular weight excluding hydrogens is 224 g/mol. The Balaban J connectivity index is 2.96. The Morgan fingerprint density at radius 1 is 1.22 bits per heavy atom. The second kappa shape index (κ2) is 7.39. The van der Waals surface area contributed by atoms with Gasteiger partial charge in [-0.05, 0) is 64.5 Å². The predicted molar refractivity (Wildman–Crippen MR) is 77.4 cm³/mol. The molecule has 1 aromatic rings. The summed E-state index contributed by atoms with van der Waals surface area (Å²) in [5.41, 5.74) is 3.84. The minimum absolute atomic E-state index is 0.355. The van der Waals surface area contributed by atoms with Crippen LogP contribution in [0.1, 0.15) is 35.6 Å². The summed E-state index contributed by atoms with van der Waals surface area (Å²) in [6.07, 6.45) is 2.26. The van der Waals surface area contributed by atoms with E-state index in [4.69, 9.17) is 4.74 Å². The van der Waals surface area contributed by atoms with Gasteiger partial charge in [0.2, 0.25) is 0 Å². The fourth-order valence-corrected chi connectivity index (χ4v) is 2.47. The van der Waals surface area contributed by atoms with Gasteiger partial charge in [0.1, 0.15) is 5.75 Å². The highest BCUT2D eigenvalue weighted by atomic mass is 16.5. The molecule has 18 heavy (non-hydrogen) atoms. The molecule has 102 valence electrons. The number of hydrogen-bond donors (Lipinski definition) is 2. The molecule has 0 aromatic heterocycles. The fourth-order valence-electron chi connectivity index (χ4n) is 2.47. The molecule has 0 heterocycles. The van der Waals surface area contributed by atoms with Crippen LogP contribution in [-0.2, 0) is 0 Å². The van der Waals surface area contributed by atoms with Crippen LogP contribution < -0.4 is 15.4 Å². The van der Waals surface area contributed by atoms with Crippen LogP contribution in [0, 0.1) is 13.8 Å². The average Bonchev–Trinajstić information content (AvgIpc) is 2.35. The maximum atomic E-state index is 5.54. The Morgan fingerprint density at radius 2 is 1.94 bits per heavy atom. The Bertz CT molecular complexity index is 377. The van der Waals surface area contributed by atoms with Gasteiger partial charge in [0.05, 0.1) is 7.11 Å². The Labute approximate surface area is 111 Å². The van der Waals surface area contributed by atoms with Gasteiger partial charge in [-0.3, -0.25) is 0 Å². The van der Waals surface area contributed by atoms with Crippen molar-refractivity contribution in [3.05, 3.63) is 28.8 Å². The zero-order valence-electron chi connectivity index (χ0n) is 12.3. The van der Waals surface area contributed by atoms with Gasteiger partial charge in [0.15, 0.2) is 0 Å². The van der Waals surface area contributed by atoms with Crippen molar-refractivity contribution in [3.63, 3.8) is 0 Å². The van der Waals surface area contributed by atoms with Crippen LogP contribution in [0.25, 0.3) is 0 Å². The lowest BCUT2D eigenvalue weighted by atomic mass is 9.95. The van der Waals surface area contributed by atoms with E-state index in [9.17, 15) is 0 Å². The largest absolute Gasteiger partial charge is 0.496 e. The first-order valence-corrected chi connectivity index (χ1v) is 6.61. The van der Waals surface area contributed by atoms with E-state index in [0.717, 1.165) is 25.1 Å². The Hall–Kier alpha value is -1.06. The van der Waals surface area contributed by atoms with Crippen molar-refractivity contribution >= 4 is 0 Å². The number of aryl methyl sites for hydroxylation is 2. The molecule has 0 bridgehead atoms. The third-order valence-electron chi connectivity index (χ3n) is 3.33. The number of rotatable bonds is 7. The lowest BCUT2D eigenvalue weighted by Gasteiger charge is -2.22. The lowest BCUT2D eigenvalue weighted by molar-refractivity contribution is 0.396. The number of hydrogen-bond acceptors (Lipinski definition) is 3. The van der Waals surface area contributed by atoms with Crippen LogP contribution in [0.15, 0.2) is 12.1 Å². The van der Waals surface area contributed by atoms with Crippen molar-refractivity contribution in [1.82, 2.24) is 10.6 Å². The third kappa shape index (κ3) is 3.72. The second-order valence-corrected chi connectivity index (χ2v) is 4.78. The molecule has 0 radical (unpaired) electrons. The Morgan fingerprint density at radius 3 is 2.50 bits per heavy atom. The molecule has 0 amide bonds. The molecule has 0 saturated carbocycles. The second-order valence-electron chi connectivity index (χ2n) is 4.78. The minimum Gasteiger partial charge on any atom is -0.496 e. The first kappa shape index (κ1) is 15.0. The average molecular weight is 250 g/mol. The predicted octanol–water partition coefficient (Wildman–Crippen LogP) is 2.57. The summed E-state index contributed by atoms with van der Waals surface area (Å²) in [6, 6.07) is 4.69. The van der Waals surface area contributed by atoms with E-state index in [1.54, 1.807) is 7.11 Å². The highest BCUT2D eigenvalue weighted by Gasteiger charge is 2.17. The van der Waals surface area contributed by atoms with Gasteiger partial charge >= 0.3 is 0 Å². The van der Waals surface area contributed by atoms with Crippen molar-refractivity contribution in [1.29, 1.82) is 0 Å². The summed E-state index contributed by atoms with van der Waals surface area (Å²) in [7, 11) is 5.76. The van der Waals surface area contributed by atoms with Crippen LogP contribution in [0.3, 0.4) is 0 Å². The van der Waals surface area contributed by atoms with E-state index < -0.39 is 0 Å². The number of nitrogens with one attached hydrogen (secondary N) is 2. The Kier molecular flexibility index (Phi) is 6.16. The first-order chi connectivity index (χ1) is 8.63. The standard InChI is InChI=1S/C15H26N2O/c1-11-9-12(2)15(14(10-11)18-5)13(17-4)7-6-8-16-3/h9-10,13,16-17H,6-8H2,1-5H3. The van der Waals surface area contributed by atoms with E-state index in [0.29, 0.717) is 6.04 Å². The lowest BCUT2D eigenvalue weighted by Crippen LogP contribution is -2.20. The molecule has 0 spiro atoms. The van der Waals surface area contributed by atoms with Crippen LogP contribution in [0.2, 0.25) is 0 Å². The third-order valence-corrected chi connectivity index (χ3v) is 3.33. The van der Waals surface area contributed by atoms with Crippen LogP contribution in [-0.4, -0.2) is 27.7 Å². The first-order valence-electron chi connectivity index (χ1n) is 6.61. The van der Waals surface area contributed by atoms with E-state index in [1.165, 1.54) is 16.7 Å². The van der Waals surface area contributed by atoms with Gasteiger partial charge in [0, 0.05) is 11.6 Å². The number of methoxy groups -OCH3 is 1. The highest BCUT2D eigenvalue weighted by molar-refractivity contribution is 5.45. The SMILES string of the molecule is CNCCCC(NC)c1c(C)cc(C)cc1OC.